The molecule has 2 aromatic rings. The molecule has 4 heterocycles. The second-order valence-corrected chi connectivity index (χ2v) is 6.78. The van der Waals surface area contributed by atoms with Crippen LogP contribution in [0.4, 0.5) is 11.5 Å². The number of amides is 1. The number of anilines is 2. The van der Waals surface area contributed by atoms with Crippen LogP contribution in [0.15, 0.2) is 30.7 Å². The number of aryl methyl sites for hydroxylation is 1. The van der Waals surface area contributed by atoms with E-state index in [2.05, 4.69) is 25.6 Å². The predicted octanol–water partition coefficient (Wildman–Crippen LogP) is 0.593. The normalized spacial score (nSPS) is 23.2. The highest BCUT2D eigenvalue weighted by Gasteiger charge is 2.35. The fourth-order valence-electron chi connectivity index (χ4n) is 3.68. The highest BCUT2D eigenvalue weighted by molar-refractivity contribution is 5.96. The molecule has 0 unspecified atom stereocenters. The van der Waals surface area contributed by atoms with Crippen molar-refractivity contribution in [2.45, 2.75) is 5.92 Å². The molecular formula is C18H24N6O2. The topological polar surface area (TPSA) is 84.3 Å². The standard InChI is InChI=1S/C18H24N6O2/c1-23-12-13(9-21-23)14-10-19-11-15(14)18(25)22-16-3-2-4-20-17(16)24-5-7-26-8-6-24/h2-4,9,12,14-15,19H,5-8,10-11H2,1H3,(H,22,25)/t14-,15+/m1/s1. The van der Waals surface area contributed by atoms with Crippen molar-refractivity contribution < 1.29 is 9.53 Å². The van der Waals surface area contributed by atoms with Crippen molar-refractivity contribution >= 4 is 17.4 Å². The van der Waals surface area contributed by atoms with Crippen LogP contribution in [0.2, 0.25) is 0 Å². The molecule has 8 nitrogen and oxygen atoms in total. The maximum Gasteiger partial charge on any atom is 0.229 e. The minimum Gasteiger partial charge on any atom is -0.378 e. The van der Waals surface area contributed by atoms with E-state index in [9.17, 15) is 4.79 Å². The summed E-state index contributed by atoms with van der Waals surface area (Å²) in [4.78, 5) is 19.6. The highest BCUT2D eigenvalue weighted by Crippen LogP contribution is 2.30. The molecule has 0 spiro atoms. The molecular weight excluding hydrogens is 332 g/mol. The summed E-state index contributed by atoms with van der Waals surface area (Å²) in [5.41, 5.74) is 1.86. The summed E-state index contributed by atoms with van der Waals surface area (Å²) in [5, 5.41) is 10.7. The Labute approximate surface area is 152 Å². The van der Waals surface area contributed by atoms with Crippen LogP contribution in [0.5, 0.6) is 0 Å². The third kappa shape index (κ3) is 3.42. The third-order valence-electron chi connectivity index (χ3n) is 5.06. The van der Waals surface area contributed by atoms with Gasteiger partial charge in [-0.3, -0.25) is 9.48 Å². The molecule has 0 bridgehead atoms. The van der Waals surface area contributed by atoms with Crippen molar-refractivity contribution in [2.75, 3.05) is 49.6 Å². The summed E-state index contributed by atoms with van der Waals surface area (Å²) in [5.74, 6) is 0.837. The summed E-state index contributed by atoms with van der Waals surface area (Å²) in [6, 6.07) is 3.77. The number of morpholine rings is 1. The van der Waals surface area contributed by atoms with Crippen molar-refractivity contribution in [1.82, 2.24) is 20.1 Å². The maximum atomic E-state index is 13.0. The number of ether oxygens (including phenoxy) is 1. The first-order valence-electron chi connectivity index (χ1n) is 9.00. The number of rotatable bonds is 4. The van der Waals surface area contributed by atoms with Gasteiger partial charge in [0.05, 0.1) is 31.0 Å². The Morgan fingerprint density at radius 2 is 2.19 bits per heavy atom. The van der Waals surface area contributed by atoms with Gasteiger partial charge in [-0.2, -0.15) is 5.10 Å². The molecule has 2 aliphatic heterocycles. The van der Waals surface area contributed by atoms with Crippen molar-refractivity contribution in [3.05, 3.63) is 36.3 Å². The first-order chi connectivity index (χ1) is 12.7. The van der Waals surface area contributed by atoms with Crippen LogP contribution in [-0.2, 0) is 16.6 Å². The van der Waals surface area contributed by atoms with Crippen molar-refractivity contribution in [2.24, 2.45) is 13.0 Å². The number of pyridine rings is 1. The van der Waals surface area contributed by atoms with Crippen LogP contribution in [0, 0.1) is 5.92 Å². The Morgan fingerprint density at radius 3 is 2.96 bits per heavy atom. The zero-order valence-corrected chi connectivity index (χ0v) is 14.9. The summed E-state index contributed by atoms with van der Waals surface area (Å²) in [6.45, 7) is 4.37. The van der Waals surface area contributed by atoms with E-state index < -0.39 is 0 Å². The van der Waals surface area contributed by atoms with E-state index in [0.717, 1.165) is 36.7 Å². The summed E-state index contributed by atoms with van der Waals surface area (Å²) in [7, 11) is 1.89. The van der Waals surface area contributed by atoms with Crippen molar-refractivity contribution in [3.63, 3.8) is 0 Å². The summed E-state index contributed by atoms with van der Waals surface area (Å²) >= 11 is 0. The zero-order valence-electron chi connectivity index (χ0n) is 14.9. The molecule has 0 aliphatic carbocycles. The molecule has 0 saturated carbocycles. The number of nitrogens with zero attached hydrogens (tertiary/aromatic N) is 4. The Morgan fingerprint density at radius 1 is 1.35 bits per heavy atom. The largest absolute Gasteiger partial charge is 0.378 e. The molecule has 2 fully saturated rings. The zero-order chi connectivity index (χ0) is 17.9. The SMILES string of the molecule is Cn1cc([C@H]2CNC[C@@H]2C(=O)Nc2cccnc2N2CCOCC2)cn1. The van der Waals surface area contributed by atoms with Gasteiger partial charge in [-0.25, -0.2) is 4.98 Å². The van der Waals surface area contributed by atoms with Crippen LogP contribution in [0.25, 0.3) is 0 Å². The van der Waals surface area contributed by atoms with Crippen LogP contribution in [0.1, 0.15) is 11.5 Å². The lowest BCUT2D eigenvalue weighted by Crippen LogP contribution is -2.37. The number of hydrogen-bond donors (Lipinski definition) is 2. The molecule has 4 rings (SSSR count). The molecule has 0 aromatic carbocycles. The fraction of sp³-hybridized carbons (Fsp3) is 0.500. The molecule has 2 N–H and O–H groups in total. The minimum atomic E-state index is -0.128. The fourth-order valence-corrected chi connectivity index (χ4v) is 3.68. The number of carbonyl (C=O) groups is 1. The first kappa shape index (κ1) is 17.0. The average Bonchev–Trinajstić information content (AvgIpc) is 3.31. The smallest absolute Gasteiger partial charge is 0.229 e. The van der Waals surface area contributed by atoms with Crippen LogP contribution < -0.4 is 15.5 Å². The summed E-state index contributed by atoms with van der Waals surface area (Å²) in [6.07, 6.45) is 5.60. The molecule has 8 heteroatoms. The quantitative estimate of drug-likeness (QED) is 0.834. The van der Waals surface area contributed by atoms with E-state index in [1.165, 1.54) is 0 Å². The first-order valence-corrected chi connectivity index (χ1v) is 9.00. The van der Waals surface area contributed by atoms with Gasteiger partial charge in [0.2, 0.25) is 5.91 Å². The van der Waals surface area contributed by atoms with Crippen LogP contribution in [0.3, 0.4) is 0 Å². The second-order valence-electron chi connectivity index (χ2n) is 6.78. The van der Waals surface area contributed by atoms with E-state index in [1.807, 2.05) is 31.6 Å². The Bertz CT molecular complexity index is 771. The molecule has 2 saturated heterocycles. The molecule has 2 aliphatic rings. The number of carbonyl (C=O) groups excluding carboxylic acids is 1. The highest BCUT2D eigenvalue weighted by atomic mass is 16.5. The van der Waals surface area contributed by atoms with Gasteiger partial charge in [0, 0.05) is 51.5 Å². The van der Waals surface area contributed by atoms with Crippen LogP contribution in [-0.4, -0.2) is 60.1 Å². The summed E-state index contributed by atoms with van der Waals surface area (Å²) < 4.78 is 7.19. The van der Waals surface area contributed by atoms with Gasteiger partial charge in [-0.05, 0) is 17.7 Å². The van der Waals surface area contributed by atoms with E-state index in [-0.39, 0.29) is 17.7 Å². The number of hydrogen-bond acceptors (Lipinski definition) is 6. The molecule has 2 atom stereocenters. The van der Waals surface area contributed by atoms with Gasteiger partial charge in [0.1, 0.15) is 0 Å². The molecule has 0 radical (unpaired) electrons. The van der Waals surface area contributed by atoms with Gasteiger partial charge >= 0.3 is 0 Å². The molecule has 138 valence electrons. The van der Waals surface area contributed by atoms with E-state index in [1.54, 1.807) is 10.9 Å². The lowest BCUT2D eigenvalue weighted by Gasteiger charge is -2.29. The Balaban J connectivity index is 1.51. The number of aromatic nitrogens is 3. The van der Waals surface area contributed by atoms with E-state index in [0.29, 0.717) is 19.8 Å². The Hall–Kier alpha value is -2.45. The third-order valence-corrected chi connectivity index (χ3v) is 5.06. The van der Waals surface area contributed by atoms with Crippen LogP contribution >= 0.6 is 0 Å². The molecule has 2 aromatic heterocycles. The molecule has 26 heavy (non-hydrogen) atoms. The van der Waals surface area contributed by atoms with E-state index >= 15 is 0 Å². The minimum absolute atomic E-state index is 0.0198. The lowest BCUT2D eigenvalue weighted by atomic mass is 9.90. The average molecular weight is 356 g/mol. The predicted molar refractivity (Wildman–Crippen MR) is 98.2 cm³/mol. The molecule has 1 amide bonds. The number of nitrogens with one attached hydrogen (secondary N) is 2. The van der Waals surface area contributed by atoms with Crippen molar-refractivity contribution in [3.8, 4) is 0 Å². The monoisotopic (exact) mass is 356 g/mol. The second kappa shape index (κ2) is 7.43. The van der Waals surface area contributed by atoms with Crippen molar-refractivity contribution in [1.29, 1.82) is 0 Å². The maximum absolute atomic E-state index is 13.0. The van der Waals surface area contributed by atoms with Gasteiger partial charge in [0.25, 0.3) is 0 Å². The van der Waals surface area contributed by atoms with Gasteiger partial charge < -0.3 is 20.3 Å². The lowest BCUT2D eigenvalue weighted by molar-refractivity contribution is -0.119. The van der Waals surface area contributed by atoms with Gasteiger partial charge in [-0.15, -0.1) is 0 Å². The Kier molecular flexibility index (Phi) is 4.85. The van der Waals surface area contributed by atoms with E-state index in [4.69, 9.17) is 4.74 Å². The van der Waals surface area contributed by atoms with Gasteiger partial charge in [-0.1, -0.05) is 0 Å². The van der Waals surface area contributed by atoms with Gasteiger partial charge in [0.15, 0.2) is 5.82 Å².